The van der Waals surface area contributed by atoms with E-state index >= 15 is 4.39 Å². The molecule has 0 aliphatic heterocycles. The van der Waals surface area contributed by atoms with Crippen LogP contribution in [-0.2, 0) is 21.0 Å². The maximum absolute atomic E-state index is 15.5. The second-order valence-corrected chi connectivity index (χ2v) is 11.5. The molecule has 0 amide bonds. The van der Waals surface area contributed by atoms with E-state index in [1.54, 1.807) is 38.2 Å². The van der Waals surface area contributed by atoms with Crippen LogP contribution in [0.4, 0.5) is 4.39 Å². The lowest BCUT2D eigenvalue weighted by atomic mass is 9.98. The summed E-state index contributed by atoms with van der Waals surface area (Å²) in [6, 6.07) is 6.63. The van der Waals surface area contributed by atoms with Crippen molar-refractivity contribution >= 4 is 21.2 Å². The number of nitrogens with zero attached hydrogens (tertiary/aromatic N) is 3. The Bertz CT molecular complexity index is 1170. The van der Waals surface area contributed by atoms with Crippen molar-refractivity contribution in [3.05, 3.63) is 52.7 Å². The molecule has 0 saturated carbocycles. The van der Waals surface area contributed by atoms with E-state index in [1.165, 1.54) is 17.4 Å². The number of hydrogen-bond donors (Lipinski definition) is 0. The zero-order valence-corrected chi connectivity index (χ0v) is 19.5. The number of thiazole rings is 1. The van der Waals surface area contributed by atoms with Gasteiger partial charge in [0.2, 0.25) is 0 Å². The third-order valence-electron chi connectivity index (χ3n) is 4.50. The van der Waals surface area contributed by atoms with Gasteiger partial charge in [0, 0.05) is 22.7 Å². The lowest BCUT2D eigenvalue weighted by Crippen LogP contribution is -2.11. The summed E-state index contributed by atoms with van der Waals surface area (Å²) in [5.74, 6) is -0.217. The van der Waals surface area contributed by atoms with Gasteiger partial charge in [0.25, 0.3) is 0 Å². The van der Waals surface area contributed by atoms with Crippen molar-refractivity contribution in [3.8, 4) is 21.8 Å². The minimum Gasteiger partial charge on any atom is -0.242 e. The van der Waals surface area contributed by atoms with Crippen LogP contribution >= 0.6 is 11.3 Å². The Hall–Kier alpha value is -2.19. The third kappa shape index (κ3) is 4.92. The van der Waals surface area contributed by atoms with Gasteiger partial charge in [-0.3, -0.25) is 0 Å². The van der Waals surface area contributed by atoms with Gasteiger partial charge in [-0.1, -0.05) is 39.8 Å². The minimum absolute atomic E-state index is 0.0347. The molecule has 2 heterocycles. The first kappa shape index (κ1) is 22.5. The van der Waals surface area contributed by atoms with Crippen molar-refractivity contribution in [1.29, 1.82) is 0 Å². The lowest BCUT2D eigenvalue weighted by Gasteiger charge is -2.13. The average molecular weight is 448 g/mol. The standard InChI is InChI=1S/C22H26FN3O2S2/c1-6-12-30(27,28)13-15-8-7-9-16(18(15)23)19-20(17-10-11-24-14(2)25-17)29-21(26-19)22(3,4)5/h7-11H,6,12-13H2,1-5H3. The lowest BCUT2D eigenvalue weighted by molar-refractivity contribution is 0.584. The Labute approximate surface area is 181 Å². The molecule has 0 saturated heterocycles. The summed E-state index contributed by atoms with van der Waals surface area (Å²) in [5, 5.41) is 0.854. The van der Waals surface area contributed by atoms with E-state index < -0.39 is 15.7 Å². The predicted molar refractivity (Wildman–Crippen MR) is 120 cm³/mol. The van der Waals surface area contributed by atoms with Crippen LogP contribution in [0.3, 0.4) is 0 Å². The summed E-state index contributed by atoms with van der Waals surface area (Å²) in [6.07, 6.45) is 2.17. The molecule has 3 rings (SSSR count). The van der Waals surface area contributed by atoms with Crippen molar-refractivity contribution in [3.63, 3.8) is 0 Å². The van der Waals surface area contributed by atoms with Gasteiger partial charge in [0.05, 0.1) is 32.8 Å². The highest BCUT2D eigenvalue weighted by atomic mass is 32.2. The van der Waals surface area contributed by atoms with E-state index in [4.69, 9.17) is 4.98 Å². The molecule has 0 spiro atoms. The van der Waals surface area contributed by atoms with Crippen LogP contribution in [0.15, 0.2) is 30.5 Å². The smallest absolute Gasteiger partial charge is 0.154 e. The highest BCUT2D eigenvalue weighted by Gasteiger charge is 2.26. The summed E-state index contributed by atoms with van der Waals surface area (Å²) in [7, 11) is -3.37. The topological polar surface area (TPSA) is 72.8 Å². The van der Waals surface area contributed by atoms with Crippen molar-refractivity contribution in [2.75, 3.05) is 5.75 Å². The summed E-state index contributed by atoms with van der Waals surface area (Å²) in [6.45, 7) is 9.75. The second kappa shape index (κ2) is 8.51. The Morgan fingerprint density at radius 3 is 2.50 bits per heavy atom. The van der Waals surface area contributed by atoms with Gasteiger partial charge in [-0.15, -0.1) is 11.3 Å². The fraction of sp³-hybridized carbons (Fsp3) is 0.409. The van der Waals surface area contributed by atoms with E-state index in [2.05, 4.69) is 30.7 Å². The van der Waals surface area contributed by atoms with Crippen molar-refractivity contribution in [2.24, 2.45) is 0 Å². The minimum atomic E-state index is -3.37. The van der Waals surface area contributed by atoms with Gasteiger partial charge in [-0.05, 0) is 25.5 Å². The number of aryl methyl sites for hydroxylation is 1. The van der Waals surface area contributed by atoms with Crippen molar-refractivity contribution in [2.45, 2.75) is 52.2 Å². The van der Waals surface area contributed by atoms with Gasteiger partial charge < -0.3 is 0 Å². The molecule has 160 valence electrons. The molecule has 0 fully saturated rings. The van der Waals surface area contributed by atoms with Crippen molar-refractivity contribution in [1.82, 2.24) is 15.0 Å². The van der Waals surface area contributed by atoms with Crippen LogP contribution in [-0.4, -0.2) is 29.1 Å². The summed E-state index contributed by atoms with van der Waals surface area (Å²) in [5.41, 5.74) is 1.38. The molecule has 3 aromatic rings. The number of halogens is 1. The van der Waals surface area contributed by atoms with Crippen LogP contribution in [0.2, 0.25) is 0 Å². The largest absolute Gasteiger partial charge is 0.242 e. The number of hydrogen-bond acceptors (Lipinski definition) is 6. The van der Waals surface area contributed by atoms with Gasteiger partial charge in [0.1, 0.15) is 11.6 Å². The first-order chi connectivity index (χ1) is 14.0. The zero-order valence-electron chi connectivity index (χ0n) is 17.9. The molecule has 2 aromatic heterocycles. The molecule has 30 heavy (non-hydrogen) atoms. The molecule has 0 radical (unpaired) electrons. The second-order valence-electron chi connectivity index (χ2n) is 8.31. The fourth-order valence-electron chi connectivity index (χ4n) is 3.07. The van der Waals surface area contributed by atoms with Crippen LogP contribution in [0.25, 0.3) is 21.8 Å². The van der Waals surface area contributed by atoms with E-state index in [-0.39, 0.29) is 28.0 Å². The quantitative estimate of drug-likeness (QED) is 0.510. The Morgan fingerprint density at radius 1 is 1.13 bits per heavy atom. The maximum Gasteiger partial charge on any atom is 0.154 e. The van der Waals surface area contributed by atoms with E-state index in [0.29, 0.717) is 23.6 Å². The maximum atomic E-state index is 15.5. The number of benzene rings is 1. The Kier molecular flexibility index (Phi) is 6.38. The molecule has 0 atom stereocenters. The van der Waals surface area contributed by atoms with Gasteiger partial charge in [-0.25, -0.2) is 27.8 Å². The molecular weight excluding hydrogens is 421 g/mol. The van der Waals surface area contributed by atoms with E-state index in [9.17, 15) is 8.42 Å². The van der Waals surface area contributed by atoms with Gasteiger partial charge >= 0.3 is 0 Å². The van der Waals surface area contributed by atoms with E-state index in [1.807, 2.05) is 0 Å². The summed E-state index contributed by atoms with van der Waals surface area (Å²) < 4.78 is 40.0. The van der Waals surface area contributed by atoms with Crippen LogP contribution in [0.5, 0.6) is 0 Å². The molecule has 0 aliphatic carbocycles. The number of aromatic nitrogens is 3. The normalized spacial score (nSPS) is 12.3. The Balaban J connectivity index is 2.18. The monoisotopic (exact) mass is 447 g/mol. The molecule has 0 N–H and O–H groups in total. The average Bonchev–Trinajstić information content (AvgIpc) is 3.09. The van der Waals surface area contributed by atoms with Crippen LogP contribution in [0, 0.1) is 12.7 Å². The number of rotatable bonds is 6. The molecular formula is C22H26FN3O2S2. The molecule has 8 heteroatoms. The predicted octanol–water partition coefficient (Wildman–Crippen LogP) is 5.34. The molecule has 1 aromatic carbocycles. The van der Waals surface area contributed by atoms with Crippen LogP contribution in [0.1, 0.15) is 50.5 Å². The number of sulfone groups is 1. The van der Waals surface area contributed by atoms with Gasteiger partial charge in [-0.2, -0.15) is 0 Å². The van der Waals surface area contributed by atoms with Crippen LogP contribution < -0.4 is 0 Å². The third-order valence-corrected chi connectivity index (χ3v) is 7.79. The molecule has 0 unspecified atom stereocenters. The summed E-state index contributed by atoms with van der Waals surface area (Å²) in [4.78, 5) is 14.2. The first-order valence-corrected chi connectivity index (χ1v) is 12.4. The molecule has 0 aliphatic rings. The zero-order chi connectivity index (χ0) is 22.1. The SMILES string of the molecule is CCCS(=O)(=O)Cc1cccc(-c2nc(C(C)(C)C)sc2-c2ccnc(C)n2)c1F. The molecule has 5 nitrogen and oxygen atoms in total. The van der Waals surface area contributed by atoms with Gasteiger partial charge in [0.15, 0.2) is 9.84 Å². The van der Waals surface area contributed by atoms with Crippen molar-refractivity contribution < 1.29 is 12.8 Å². The first-order valence-electron chi connectivity index (χ1n) is 9.81. The summed E-state index contributed by atoms with van der Waals surface area (Å²) >= 11 is 1.47. The molecule has 0 bridgehead atoms. The highest BCUT2D eigenvalue weighted by Crippen LogP contribution is 2.41. The Morgan fingerprint density at radius 2 is 1.87 bits per heavy atom. The van der Waals surface area contributed by atoms with E-state index in [0.717, 1.165) is 9.88 Å². The highest BCUT2D eigenvalue weighted by molar-refractivity contribution is 7.90. The fourth-order valence-corrected chi connectivity index (χ4v) is 5.64.